The van der Waals surface area contributed by atoms with Gasteiger partial charge in [0.2, 0.25) is 11.8 Å². The SMILES string of the molecule is CC(=O)N(CC(=O)Nc1ccc(Cl)cc1)c1ccc(C)cc1C. The van der Waals surface area contributed by atoms with E-state index in [-0.39, 0.29) is 18.4 Å². The number of amides is 2. The molecule has 0 aliphatic rings. The van der Waals surface area contributed by atoms with Crippen LogP contribution in [0.2, 0.25) is 5.02 Å². The minimum atomic E-state index is -0.262. The summed E-state index contributed by atoms with van der Waals surface area (Å²) in [6.45, 7) is 5.33. The van der Waals surface area contributed by atoms with Crippen molar-refractivity contribution in [2.75, 3.05) is 16.8 Å². The molecule has 5 heteroatoms. The largest absolute Gasteiger partial charge is 0.325 e. The number of hydrogen-bond donors (Lipinski definition) is 1. The highest BCUT2D eigenvalue weighted by Gasteiger charge is 2.17. The van der Waals surface area contributed by atoms with Crippen LogP contribution in [0.1, 0.15) is 18.1 Å². The van der Waals surface area contributed by atoms with Crippen LogP contribution in [0, 0.1) is 13.8 Å². The molecule has 0 heterocycles. The molecular weight excluding hydrogens is 312 g/mol. The molecule has 0 spiro atoms. The van der Waals surface area contributed by atoms with Crippen molar-refractivity contribution < 1.29 is 9.59 Å². The number of aryl methyl sites for hydroxylation is 2. The molecule has 0 aliphatic carbocycles. The lowest BCUT2D eigenvalue weighted by Gasteiger charge is -2.23. The summed E-state index contributed by atoms with van der Waals surface area (Å²) in [4.78, 5) is 25.6. The highest BCUT2D eigenvalue weighted by Crippen LogP contribution is 2.21. The average Bonchev–Trinajstić information content (AvgIpc) is 2.48. The van der Waals surface area contributed by atoms with Crippen molar-refractivity contribution >= 4 is 34.8 Å². The summed E-state index contributed by atoms with van der Waals surface area (Å²) in [5.74, 6) is -0.439. The van der Waals surface area contributed by atoms with Gasteiger partial charge in [-0.25, -0.2) is 0 Å². The summed E-state index contributed by atoms with van der Waals surface area (Å²) in [6.07, 6.45) is 0. The van der Waals surface area contributed by atoms with Gasteiger partial charge in [-0.15, -0.1) is 0 Å². The van der Waals surface area contributed by atoms with E-state index < -0.39 is 0 Å². The predicted molar refractivity (Wildman–Crippen MR) is 94.0 cm³/mol. The Bertz CT molecular complexity index is 726. The zero-order chi connectivity index (χ0) is 17.0. The monoisotopic (exact) mass is 330 g/mol. The topological polar surface area (TPSA) is 49.4 Å². The van der Waals surface area contributed by atoms with Crippen molar-refractivity contribution in [2.45, 2.75) is 20.8 Å². The molecule has 0 fully saturated rings. The molecule has 2 rings (SSSR count). The maximum atomic E-state index is 12.2. The number of rotatable bonds is 4. The number of carbonyl (C=O) groups excluding carboxylic acids is 2. The van der Waals surface area contributed by atoms with Gasteiger partial charge >= 0.3 is 0 Å². The normalized spacial score (nSPS) is 10.3. The van der Waals surface area contributed by atoms with Gasteiger partial charge < -0.3 is 10.2 Å². The van der Waals surface area contributed by atoms with Crippen LogP contribution in [0.15, 0.2) is 42.5 Å². The number of nitrogens with one attached hydrogen (secondary N) is 1. The second-order valence-electron chi connectivity index (χ2n) is 5.45. The molecule has 2 amide bonds. The maximum Gasteiger partial charge on any atom is 0.244 e. The number of nitrogens with zero attached hydrogens (tertiary/aromatic N) is 1. The number of halogens is 1. The lowest BCUT2D eigenvalue weighted by Crippen LogP contribution is -2.37. The highest BCUT2D eigenvalue weighted by molar-refractivity contribution is 6.30. The van der Waals surface area contributed by atoms with E-state index >= 15 is 0 Å². The van der Waals surface area contributed by atoms with Gasteiger partial charge in [-0.05, 0) is 49.7 Å². The van der Waals surface area contributed by atoms with Crippen molar-refractivity contribution in [3.8, 4) is 0 Å². The molecule has 0 saturated carbocycles. The Morgan fingerprint density at radius 3 is 2.30 bits per heavy atom. The van der Waals surface area contributed by atoms with Crippen LogP contribution in [0.25, 0.3) is 0 Å². The van der Waals surface area contributed by atoms with Crippen LogP contribution in [0.4, 0.5) is 11.4 Å². The molecule has 4 nitrogen and oxygen atoms in total. The van der Waals surface area contributed by atoms with Crippen LogP contribution in [0.3, 0.4) is 0 Å². The van der Waals surface area contributed by atoms with Crippen LogP contribution in [-0.4, -0.2) is 18.4 Å². The van der Waals surface area contributed by atoms with Gasteiger partial charge in [0.25, 0.3) is 0 Å². The van der Waals surface area contributed by atoms with Gasteiger partial charge in [0.15, 0.2) is 0 Å². The zero-order valence-corrected chi connectivity index (χ0v) is 14.1. The molecule has 0 saturated heterocycles. The molecule has 0 aliphatic heterocycles. The summed E-state index contributed by atoms with van der Waals surface area (Å²) in [5.41, 5.74) is 3.46. The second-order valence-corrected chi connectivity index (χ2v) is 5.89. The number of carbonyl (C=O) groups is 2. The number of anilines is 2. The van der Waals surface area contributed by atoms with Crippen molar-refractivity contribution in [3.63, 3.8) is 0 Å². The third-order valence-electron chi connectivity index (χ3n) is 3.45. The molecule has 1 N–H and O–H groups in total. The van der Waals surface area contributed by atoms with Crippen LogP contribution in [0.5, 0.6) is 0 Å². The molecule has 120 valence electrons. The fourth-order valence-electron chi connectivity index (χ4n) is 2.35. The molecule has 0 unspecified atom stereocenters. The van der Waals surface area contributed by atoms with Crippen LogP contribution < -0.4 is 10.2 Å². The summed E-state index contributed by atoms with van der Waals surface area (Å²) < 4.78 is 0. The van der Waals surface area contributed by atoms with E-state index in [0.717, 1.165) is 16.8 Å². The average molecular weight is 331 g/mol. The summed E-state index contributed by atoms with van der Waals surface area (Å²) in [5, 5.41) is 3.36. The Hall–Kier alpha value is -2.33. The summed E-state index contributed by atoms with van der Waals surface area (Å²) in [7, 11) is 0. The Balaban J connectivity index is 2.14. The van der Waals surface area contributed by atoms with Gasteiger partial charge in [0.05, 0.1) is 0 Å². The van der Waals surface area contributed by atoms with Crippen molar-refractivity contribution in [3.05, 3.63) is 58.6 Å². The van der Waals surface area contributed by atoms with E-state index in [4.69, 9.17) is 11.6 Å². The highest BCUT2D eigenvalue weighted by atomic mass is 35.5. The number of benzene rings is 2. The van der Waals surface area contributed by atoms with E-state index in [2.05, 4.69) is 5.32 Å². The first-order valence-electron chi connectivity index (χ1n) is 7.27. The first-order chi connectivity index (χ1) is 10.9. The van der Waals surface area contributed by atoms with Gasteiger partial charge in [-0.2, -0.15) is 0 Å². The van der Waals surface area contributed by atoms with Gasteiger partial charge in [-0.3, -0.25) is 9.59 Å². The fraction of sp³-hybridized carbons (Fsp3) is 0.222. The van der Waals surface area contributed by atoms with Crippen LogP contribution in [-0.2, 0) is 9.59 Å². The standard InChI is InChI=1S/C18H19ClN2O2/c1-12-4-9-17(13(2)10-12)21(14(3)22)11-18(23)20-16-7-5-15(19)6-8-16/h4-10H,11H2,1-3H3,(H,20,23). The first-order valence-corrected chi connectivity index (χ1v) is 7.65. The third kappa shape index (κ3) is 4.57. The smallest absolute Gasteiger partial charge is 0.244 e. The Morgan fingerprint density at radius 2 is 1.74 bits per heavy atom. The summed E-state index contributed by atoms with van der Waals surface area (Å²) in [6, 6.07) is 12.6. The molecule has 0 aromatic heterocycles. The molecular formula is C18H19ClN2O2. The molecule has 0 bridgehead atoms. The maximum absolute atomic E-state index is 12.2. The zero-order valence-electron chi connectivity index (χ0n) is 13.4. The third-order valence-corrected chi connectivity index (χ3v) is 3.70. The lowest BCUT2D eigenvalue weighted by molar-refractivity contribution is -0.120. The quantitative estimate of drug-likeness (QED) is 0.922. The second kappa shape index (κ2) is 7.29. The predicted octanol–water partition coefficient (Wildman–Crippen LogP) is 3.95. The van der Waals surface area contributed by atoms with Gasteiger partial charge in [0.1, 0.15) is 6.54 Å². The Labute approximate surface area is 141 Å². The Kier molecular flexibility index (Phi) is 5.40. The number of hydrogen-bond acceptors (Lipinski definition) is 2. The van der Waals surface area contributed by atoms with E-state index in [1.54, 1.807) is 24.3 Å². The van der Waals surface area contributed by atoms with Gasteiger partial charge in [-0.1, -0.05) is 29.3 Å². The first kappa shape index (κ1) is 17.0. The van der Waals surface area contributed by atoms with E-state index in [0.29, 0.717) is 10.7 Å². The fourth-order valence-corrected chi connectivity index (χ4v) is 2.48. The Morgan fingerprint density at radius 1 is 1.09 bits per heavy atom. The molecule has 0 atom stereocenters. The van der Waals surface area contributed by atoms with Crippen LogP contribution >= 0.6 is 11.6 Å². The molecule has 23 heavy (non-hydrogen) atoms. The van der Waals surface area contributed by atoms with Gasteiger partial charge in [0, 0.05) is 23.3 Å². The van der Waals surface area contributed by atoms with Crippen molar-refractivity contribution in [1.82, 2.24) is 0 Å². The minimum Gasteiger partial charge on any atom is -0.325 e. The molecule has 2 aromatic rings. The molecule has 0 radical (unpaired) electrons. The van der Waals surface area contributed by atoms with E-state index in [1.807, 2.05) is 32.0 Å². The van der Waals surface area contributed by atoms with Crippen molar-refractivity contribution in [1.29, 1.82) is 0 Å². The summed E-state index contributed by atoms with van der Waals surface area (Å²) >= 11 is 5.82. The minimum absolute atomic E-state index is 0.0398. The lowest BCUT2D eigenvalue weighted by atomic mass is 10.1. The van der Waals surface area contributed by atoms with E-state index in [9.17, 15) is 9.59 Å². The van der Waals surface area contributed by atoms with Crippen molar-refractivity contribution in [2.24, 2.45) is 0 Å². The molecule has 2 aromatic carbocycles. The van der Waals surface area contributed by atoms with E-state index in [1.165, 1.54) is 11.8 Å².